The van der Waals surface area contributed by atoms with Crippen LogP contribution in [-0.2, 0) is 4.79 Å². The van der Waals surface area contributed by atoms with Crippen LogP contribution in [0.1, 0.15) is 11.3 Å². The van der Waals surface area contributed by atoms with Gasteiger partial charge in [-0.2, -0.15) is 0 Å². The van der Waals surface area contributed by atoms with Gasteiger partial charge in [-0.05, 0) is 37.6 Å². The fraction of sp³-hybridized carbons (Fsp3) is 0.143. The summed E-state index contributed by atoms with van der Waals surface area (Å²) in [6, 6.07) is 13.9. The molecule has 3 aromatic heterocycles. The average Bonchev–Trinajstić information content (AvgIpc) is 3.06. The molecule has 0 saturated heterocycles. The molecule has 0 unspecified atom stereocenters. The van der Waals surface area contributed by atoms with Crippen molar-refractivity contribution in [3.8, 4) is 11.6 Å². The topological polar surface area (TPSA) is 101 Å². The maximum atomic E-state index is 12.4. The first-order chi connectivity index (χ1) is 14.0. The van der Waals surface area contributed by atoms with Gasteiger partial charge in [0.05, 0.1) is 0 Å². The number of hydrogen-bond acceptors (Lipinski definition) is 5. The quantitative estimate of drug-likeness (QED) is 0.402. The smallest absolute Gasteiger partial charge is 0.336 e. The zero-order valence-electron chi connectivity index (χ0n) is 15.9. The Morgan fingerprint density at radius 3 is 2.86 bits per heavy atom. The normalized spacial score (nSPS) is 10.8. The summed E-state index contributed by atoms with van der Waals surface area (Å²) in [5.74, 6) is 1.30. The third-order valence-electron chi connectivity index (χ3n) is 4.32. The Morgan fingerprint density at radius 2 is 2.07 bits per heavy atom. The second-order valence-corrected chi connectivity index (χ2v) is 6.59. The van der Waals surface area contributed by atoms with Crippen LogP contribution in [0.25, 0.3) is 16.8 Å². The molecule has 0 aliphatic heterocycles. The van der Waals surface area contributed by atoms with E-state index < -0.39 is 5.63 Å². The molecular weight excluding hydrogens is 372 g/mol. The van der Waals surface area contributed by atoms with Gasteiger partial charge in [-0.1, -0.05) is 6.07 Å². The molecule has 0 atom stereocenters. The van der Waals surface area contributed by atoms with E-state index in [1.165, 1.54) is 6.07 Å². The molecule has 0 aliphatic carbocycles. The van der Waals surface area contributed by atoms with Gasteiger partial charge in [0.25, 0.3) is 11.6 Å². The standard InChI is InChI=1S/C21H18N4O4/c1-13-9-21(27)29-17-11-15(6-7-16(13)17)28-12-20(26)23-19-10-14(2)24-25(19)18-5-3-4-8-22-18/h3-11H,12H2,1-2H3,(H,23,24,26)/p+1. The van der Waals surface area contributed by atoms with Crippen LogP contribution in [-0.4, -0.2) is 22.6 Å². The number of nitrogens with one attached hydrogen (secondary N) is 2. The van der Waals surface area contributed by atoms with Crippen LogP contribution in [0.4, 0.5) is 5.82 Å². The van der Waals surface area contributed by atoms with E-state index in [-0.39, 0.29) is 12.5 Å². The van der Waals surface area contributed by atoms with Crippen molar-refractivity contribution in [3.05, 3.63) is 76.4 Å². The first kappa shape index (κ1) is 18.4. The molecule has 0 fully saturated rings. The summed E-state index contributed by atoms with van der Waals surface area (Å²) in [7, 11) is 0. The lowest BCUT2D eigenvalue weighted by atomic mass is 10.1. The van der Waals surface area contributed by atoms with Gasteiger partial charge in [-0.25, -0.2) is 15.2 Å². The second-order valence-electron chi connectivity index (χ2n) is 6.59. The molecule has 0 aliphatic rings. The molecule has 2 N–H and O–H groups in total. The summed E-state index contributed by atoms with van der Waals surface area (Å²) in [5, 5.41) is 6.76. The molecule has 0 radical (unpaired) electrons. The molecule has 0 bridgehead atoms. The third kappa shape index (κ3) is 4.01. The van der Waals surface area contributed by atoms with Crippen molar-refractivity contribution in [2.75, 3.05) is 11.9 Å². The summed E-state index contributed by atoms with van der Waals surface area (Å²) in [5.41, 5.74) is 1.68. The fourth-order valence-electron chi connectivity index (χ4n) is 3.02. The number of aryl methyl sites for hydroxylation is 2. The Hall–Kier alpha value is -3.94. The number of aromatic amines is 1. The Kier molecular flexibility index (Phi) is 4.82. The molecule has 0 spiro atoms. The Labute approximate surface area is 165 Å². The first-order valence-electron chi connectivity index (χ1n) is 9.00. The van der Waals surface area contributed by atoms with Crippen LogP contribution < -0.4 is 20.4 Å². The highest BCUT2D eigenvalue weighted by molar-refractivity contribution is 5.90. The van der Waals surface area contributed by atoms with E-state index in [0.717, 1.165) is 16.6 Å². The summed E-state index contributed by atoms with van der Waals surface area (Å²) in [6.07, 6.45) is 1.67. The maximum Gasteiger partial charge on any atom is 0.336 e. The molecule has 146 valence electrons. The molecule has 4 rings (SSSR count). The molecule has 8 nitrogen and oxygen atoms in total. The van der Waals surface area contributed by atoms with E-state index in [2.05, 4.69) is 15.4 Å². The van der Waals surface area contributed by atoms with Crippen molar-refractivity contribution >= 4 is 22.7 Å². The maximum absolute atomic E-state index is 12.4. The van der Waals surface area contributed by atoms with E-state index in [0.29, 0.717) is 23.0 Å². The third-order valence-corrected chi connectivity index (χ3v) is 4.32. The van der Waals surface area contributed by atoms with Gasteiger partial charge in [-0.15, -0.1) is 9.67 Å². The highest BCUT2D eigenvalue weighted by Crippen LogP contribution is 2.22. The lowest BCUT2D eigenvalue weighted by Crippen LogP contribution is -2.38. The molecule has 1 amide bonds. The molecule has 8 heteroatoms. The number of carbonyl (C=O) groups excluding carboxylic acids is 1. The lowest BCUT2D eigenvalue weighted by molar-refractivity contribution is -0.645. The lowest BCUT2D eigenvalue weighted by Gasteiger charge is -2.07. The number of amides is 1. The number of H-pyrrole nitrogens is 1. The van der Waals surface area contributed by atoms with Crippen LogP contribution in [0.15, 0.2) is 63.9 Å². The molecule has 4 aromatic rings. The minimum absolute atomic E-state index is 0.200. The SMILES string of the molecule is Cc1cc(NC(=O)COc2ccc3c(C)cc(=O)oc3c2)[n+](-c2ccccn2)[nH]1. The van der Waals surface area contributed by atoms with Crippen molar-refractivity contribution in [2.24, 2.45) is 0 Å². The van der Waals surface area contributed by atoms with Crippen molar-refractivity contribution in [3.63, 3.8) is 0 Å². The van der Waals surface area contributed by atoms with Crippen LogP contribution >= 0.6 is 0 Å². The summed E-state index contributed by atoms with van der Waals surface area (Å²) < 4.78 is 12.5. The van der Waals surface area contributed by atoms with Gasteiger partial charge in [0, 0.05) is 35.3 Å². The second kappa shape index (κ2) is 7.59. The summed E-state index contributed by atoms with van der Waals surface area (Å²) in [6.45, 7) is 3.52. The van der Waals surface area contributed by atoms with Gasteiger partial charge < -0.3 is 9.15 Å². The van der Waals surface area contributed by atoms with Gasteiger partial charge in [0.15, 0.2) is 6.61 Å². The minimum atomic E-state index is -0.424. The number of aromatic nitrogens is 3. The van der Waals surface area contributed by atoms with Crippen LogP contribution in [0.3, 0.4) is 0 Å². The molecule has 29 heavy (non-hydrogen) atoms. The molecule has 1 aromatic carbocycles. The minimum Gasteiger partial charge on any atom is -0.482 e. The number of hydrogen-bond donors (Lipinski definition) is 2. The average molecular weight is 391 g/mol. The number of pyridine rings is 1. The van der Waals surface area contributed by atoms with E-state index >= 15 is 0 Å². The number of nitrogens with zero attached hydrogens (tertiary/aromatic N) is 2. The molecule has 0 saturated carbocycles. The number of carbonyl (C=O) groups is 1. The number of benzene rings is 1. The fourth-order valence-corrected chi connectivity index (χ4v) is 3.02. The van der Waals surface area contributed by atoms with Gasteiger partial charge in [0.1, 0.15) is 17.5 Å². The van der Waals surface area contributed by atoms with Crippen molar-refractivity contribution in [1.82, 2.24) is 10.1 Å². The zero-order chi connectivity index (χ0) is 20.4. The summed E-state index contributed by atoms with van der Waals surface area (Å²) in [4.78, 5) is 28.2. The van der Waals surface area contributed by atoms with Crippen LogP contribution in [0, 0.1) is 13.8 Å². The van der Waals surface area contributed by atoms with Crippen molar-refractivity contribution in [1.29, 1.82) is 0 Å². The monoisotopic (exact) mass is 391 g/mol. The van der Waals surface area contributed by atoms with Gasteiger partial charge in [-0.3, -0.25) is 4.79 Å². The Balaban J connectivity index is 1.47. The highest BCUT2D eigenvalue weighted by atomic mass is 16.5. The Morgan fingerprint density at radius 1 is 1.21 bits per heavy atom. The van der Waals surface area contributed by atoms with E-state index in [1.54, 1.807) is 35.1 Å². The van der Waals surface area contributed by atoms with Crippen molar-refractivity contribution in [2.45, 2.75) is 13.8 Å². The van der Waals surface area contributed by atoms with Crippen LogP contribution in [0.2, 0.25) is 0 Å². The van der Waals surface area contributed by atoms with Gasteiger partial charge in [0.2, 0.25) is 0 Å². The zero-order valence-corrected chi connectivity index (χ0v) is 15.9. The van der Waals surface area contributed by atoms with E-state index in [9.17, 15) is 9.59 Å². The highest BCUT2D eigenvalue weighted by Gasteiger charge is 2.18. The molecule has 3 heterocycles. The van der Waals surface area contributed by atoms with Gasteiger partial charge >= 0.3 is 11.5 Å². The predicted molar refractivity (Wildman–Crippen MR) is 106 cm³/mol. The van der Waals surface area contributed by atoms with E-state index in [1.807, 2.05) is 32.0 Å². The number of fused-ring (bicyclic) bond motifs is 1. The number of ether oxygens (including phenoxy) is 1. The Bertz CT molecular complexity index is 1240. The number of anilines is 1. The van der Waals surface area contributed by atoms with Crippen LogP contribution in [0.5, 0.6) is 5.75 Å². The summed E-state index contributed by atoms with van der Waals surface area (Å²) >= 11 is 0. The largest absolute Gasteiger partial charge is 0.482 e. The first-order valence-corrected chi connectivity index (χ1v) is 9.00. The molecular formula is C21H19N4O4+. The van der Waals surface area contributed by atoms with Crippen molar-refractivity contribution < 1.29 is 18.6 Å². The number of rotatable bonds is 5. The van der Waals surface area contributed by atoms with E-state index in [4.69, 9.17) is 9.15 Å². The predicted octanol–water partition coefficient (Wildman–Crippen LogP) is 2.43.